The van der Waals surface area contributed by atoms with E-state index >= 15 is 0 Å². The molecule has 2 aromatic rings. The second-order valence-corrected chi connectivity index (χ2v) is 4.46. The molecule has 1 aromatic carbocycles. The number of likely N-dealkylation sites (N-methyl/N-ethyl adjacent to an activating group) is 1. The van der Waals surface area contributed by atoms with E-state index in [-0.39, 0.29) is 0 Å². The zero-order valence-corrected chi connectivity index (χ0v) is 11.0. The fourth-order valence-corrected chi connectivity index (χ4v) is 2.02. The Morgan fingerprint density at radius 3 is 2.83 bits per heavy atom. The van der Waals surface area contributed by atoms with Gasteiger partial charge in [-0.3, -0.25) is 4.68 Å². The van der Waals surface area contributed by atoms with E-state index in [4.69, 9.17) is 5.73 Å². The summed E-state index contributed by atoms with van der Waals surface area (Å²) in [6, 6.07) is 8.57. The van der Waals surface area contributed by atoms with E-state index < -0.39 is 0 Å². The summed E-state index contributed by atoms with van der Waals surface area (Å²) < 4.78 is 1.88. The second-order valence-electron chi connectivity index (χ2n) is 4.46. The Morgan fingerprint density at radius 2 is 2.22 bits per heavy atom. The van der Waals surface area contributed by atoms with E-state index in [0.717, 1.165) is 19.6 Å². The maximum atomic E-state index is 5.65. The maximum Gasteiger partial charge on any atom is 0.0719 e. The number of nitrogen functional groups attached to an aromatic ring is 1. The summed E-state index contributed by atoms with van der Waals surface area (Å²) in [7, 11) is 0. The van der Waals surface area contributed by atoms with Crippen LogP contribution in [0.2, 0.25) is 0 Å². The molecule has 0 fully saturated rings. The molecule has 18 heavy (non-hydrogen) atoms. The molecule has 0 spiro atoms. The summed E-state index contributed by atoms with van der Waals surface area (Å²) in [6.07, 6.45) is 3.55. The molecule has 1 aromatic heterocycles. The summed E-state index contributed by atoms with van der Waals surface area (Å²) in [6.45, 7) is 7.05. The lowest BCUT2D eigenvalue weighted by Gasteiger charge is -2.23. The molecule has 0 bridgehead atoms. The van der Waals surface area contributed by atoms with Crippen LogP contribution < -0.4 is 10.6 Å². The molecule has 0 aliphatic rings. The Labute approximate surface area is 108 Å². The van der Waals surface area contributed by atoms with Crippen LogP contribution in [0.5, 0.6) is 0 Å². The van der Waals surface area contributed by atoms with Gasteiger partial charge in [0.15, 0.2) is 0 Å². The molecule has 96 valence electrons. The van der Waals surface area contributed by atoms with E-state index in [2.05, 4.69) is 48.1 Å². The Balaban J connectivity index is 2.01. The summed E-state index contributed by atoms with van der Waals surface area (Å²) in [4.78, 5) is 2.34. The van der Waals surface area contributed by atoms with Gasteiger partial charge < -0.3 is 10.6 Å². The third-order valence-corrected chi connectivity index (χ3v) is 3.00. The Bertz CT molecular complexity index is 504. The number of nitrogens with two attached hydrogens (primary N) is 1. The van der Waals surface area contributed by atoms with Crippen molar-refractivity contribution < 1.29 is 0 Å². The highest BCUT2D eigenvalue weighted by Gasteiger charge is 2.04. The first-order valence-electron chi connectivity index (χ1n) is 6.28. The highest BCUT2D eigenvalue weighted by atomic mass is 15.3. The number of anilines is 2. The molecule has 0 atom stereocenters. The highest BCUT2D eigenvalue weighted by Crippen LogP contribution is 2.15. The van der Waals surface area contributed by atoms with E-state index in [1.54, 1.807) is 6.20 Å². The van der Waals surface area contributed by atoms with Gasteiger partial charge in [-0.25, -0.2) is 0 Å². The first-order chi connectivity index (χ1) is 8.69. The molecular formula is C14H20N4. The van der Waals surface area contributed by atoms with Crippen LogP contribution in [0.4, 0.5) is 11.4 Å². The van der Waals surface area contributed by atoms with Crippen molar-refractivity contribution in [3.63, 3.8) is 0 Å². The lowest BCUT2D eigenvalue weighted by Crippen LogP contribution is -2.27. The molecule has 0 aliphatic heterocycles. The third-order valence-electron chi connectivity index (χ3n) is 3.00. The van der Waals surface area contributed by atoms with Crippen molar-refractivity contribution in [2.75, 3.05) is 23.7 Å². The van der Waals surface area contributed by atoms with Gasteiger partial charge in [-0.05, 0) is 31.5 Å². The van der Waals surface area contributed by atoms with Crippen molar-refractivity contribution in [2.45, 2.75) is 20.4 Å². The van der Waals surface area contributed by atoms with Crippen LogP contribution in [-0.2, 0) is 6.54 Å². The smallest absolute Gasteiger partial charge is 0.0719 e. The summed E-state index contributed by atoms with van der Waals surface area (Å²) in [5.41, 5.74) is 8.92. The van der Waals surface area contributed by atoms with Crippen molar-refractivity contribution in [3.8, 4) is 0 Å². The number of rotatable bonds is 5. The monoisotopic (exact) mass is 244 g/mol. The first kappa shape index (κ1) is 12.5. The molecule has 0 saturated carbocycles. The molecule has 0 aliphatic carbocycles. The average Bonchev–Trinajstić information content (AvgIpc) is 2.76. The van der Waals surface area contributed by atoms with Crippen LogP contribution in [0, 0.1) is 6.92 Å². The second kappa shape index (κ2) is 5.58. The molecule has 1 heterocycles. The molecule has 2 N–H and O–H groups in total. The van der Waals surface area contributed by atoms with Crippen molar-refractivity contribution in [1.82, 2.24) is 9.78 Å². The van der Waals surface area contributed by atoms with Gasteiger partial charge in [0.1, 0.15) is 0 Å². The largest absolute Gasteiger partial charge is 0.396 e. The van der Waals surface area contributed by atoms with Gasteiger partial charge in [0, 0.05) is 25.0 Å². The van der Waals surface area contributed by atoms with Gasteiger partial charge in [-0.1, -0.05) is 12.1 Å². The summed E-state index contributed by atoms with van der Waals surface area (Å²) in [5, 5.41) is 4.20. The van der Waals surface area contributed by atoms with Gasteiger partial charge >= 0.3 is 0 Å². The fraction of sp³-hybridized carbons (Fsp3) is 0.357. The third kappa shape index (κ3) is 3.03. The number of hydrogen-bond acceptors (Lipinski definition) is 3. The molecule has 4 nitrogen and oxygen atoms in total. The van der Waals surface area contributed by atoms with Gasteiger partial charge in [0.25, 0.3) is 0 Å². The van der Waals surface area contributed by atoms with Crippen LogP contribution in [0.15, 0.2) is 36.7 Å². The van der Waals surface area contributed by atoms with E-state index in [1.807, 2.05) is 10.9 Å². The minimum Gasteiger partial charge on any atom is -0.396 e. The average molecular weight is 244 g/mol. The molecule has 2 rings (SSSR count). The first-order valence-corrected chi connectivity index (χ1v) is 6.28. The highest BCUT2D eigenvalue weighted by molar-refractivity contribution is 5.48. The Morgan fingerprint density at radius 1 is 1.39 bits per heavy atom. The van der Waals surface area contributed by atoms with Crippen LogP contribution in [0.1, 0.15) is 12.5 Å². The topological polar surface area (TPSA) is 47.1 Å². The molecular weight excluding hydrogens is 224 g/mol. The number of hydrogen-bond donors (Lipinski definition) is 1. The lowest BCUT2D eigenvalue weighted by atomic mass is 10.2. The zero-order valence-electron chi connectivity index (χ0n) is 11.0. The van der Waals surface area contributed by atoms with Gasteiger partial charge in [-0.15, -0.1) is 0 Å². The van der Waals surface area contributed by atoms with Gasteiger partial charge in [-0.2, -0.15) is 5.10 Å². The van der Waals surface area contributed by atoms with Gasteiger partial charge in [0.05, 0.1) is 18.4 Å². The van der Waals surface area contributed by atoms with E-state index in [1.165, 1.54) is 11.3 Å². The lowest BCUT2D eigenvalue weighted by molar-refractivity contribution is 0.600. The minimum absolute atomic E-state index is 0.716. The van der Waals surface area contributed by atoms with Crippen molar-refractivity contribution in [3.05, 3.63) is 42.2 Å². The number of nitrogens with zero attached hydrogens (tertiary/aromatic N) is 3. The fourth-order valence-electron chi connectivity index (χ4n) is 2.02. The van der Waals surface area contributed by atoms with Crippen molar-refractivity contribution in [1.29, 1.82) is 0 Å². The van der Waals surface area contributed by atoms with Gasteiger partial charge in [0.2, 0.25) is 0 Å². The minimum atomic E-state index is 0.716. The standard InChI is InChI=1S/C14H20N4/c1-3-17(14-6-4-5-12(2)9-14)7-8-18-11-13(15)10-16-18/h4-6,9-11H,3,7-8,15H2,1-2H3. The predicted molar refractivity (Wildman–Crippen MR) is 75.7 cm³/mol. The van der Waals surface area contributed by atoms with Crippen LogP contribution in [0.3, 0.4) is 0 Å². The molecule has 0 amide bonds. The molecule has 0 radical (unpaired) electrons. The SMILES string of the molecule is CCN(CCn1cc(N)cn1)c1cccc(C)c1. The number of benzene rings is 1. The van der Waals surface area contributed by atoms with E-state index in [9.17, 15) is 0 Å². The van der Waals surface area contributed by atoms with Crippen molar-refractivity contribution >= 4 is 11.4 Å². The predicted octanol–water partition coefficient (Wildman–Crippen LogP) is 2.30. The normalized spacial score (nSPS) is 10.6. The Hall–Kier alpha value is -1.97. The van der Waals surface area contributed by atoms with Crippen LogP contribution in [0.25, 0.3) is 0 Å². The molecule has 0 saturated heterocycles. The maximum absolute atomic E-state index is 5.65. The Kier molecular flexibility index (Phi) is 3.87. The van der Waals surface area contributed by atoms with E-state index in [0.29, 0.717) is 5.69 Å². The summed E-state index contributed by atoms with van der Waals surface area (Å²) >= 11 is 0. The quantitative estimate of drug-likeness (QED) is 0.878. The number of aromatic nitrogens is 2. The summed E-state index contributed by atoms with van der Waals surface area (Å²) in [5.74, 6) is 0. The van der Waals surface area contributed by atoms with Crippen LogP contribution in [-0.4, -0.2) is 22.9 Å². The van der Waals surface area contributed by atoms with Crippen molar-refractivity contribution in [2.24, 2.45) is 0 Å². The molecule has 0 unspecified atom stereocenters. The van der Waals surface area contributed by atoms with Crippen LogP contribution >= 0.6 is 0 Å². The molecule has 4 heteroatoms. The zero-order chi connectivity index (χ0) is 13.0. The number of aryl methyl sites for hydroxylation is 1.